The molecule has 5 rings (SSSR count). The lowest BCUT2D eigenvalue weighted by Crippen LogP contribution is -2.35. The van der Waals surface area contributed by atoms with Crippen LogP contribution in [0, 0.1) is 6.92 Å². The van der Waals surface area contributed by atoms with Gasteiger partial charge in [-0.05, 0) is 37.1 Å². The van der Waals surface area contributed by atoms with E-state index < -0.39 is 0 Å². The topological polar surface area (TPSA) is 23.6 Å². The zero-order valence-electron chi connectivity index (χ0n) is 15.4. The van der Waals surface area contributed by atoms with Crippen molar-refractivity contribution >= 4 is 11.6 Å². The Bertz CT molecular complexity index is 981. The van der Waals surface area contributed by atoms with Crippen molar-refractivity contribution in [2.75, 3.05) is 11.4 Å². The second kappa shape index (κ2) is 6.27. The Hall–Kier alpha value is -3.07. The monoisotopic (exact) mass is 354 g/mol. The first-order valence-electron chi connectivity index (χ1n) is 9.51. The molecule has 0 N–H and O–H groups in total. The maximum atomic E-state index is 13.2. The van der Waals surface area contributed by atoms with Crippen molar-refractivity contribution in [2.45, 2.75) is 25.6 Å². The first-order valence-corrected chi connectivity index (χ1v) is 9.51. The summed E-state index contributed by atoms with van der Waals surface area (Å²) in [4.78, 5) is 17.7. The van der Waals surface area contributed by atoms with E-state index in [0.29, 0.717) is 0 Å². The average Bonchev–Trinajstić information content (AvgIpc) is 3.21. The molecule has 0 aliphatic carbocycles. The van der Waals surface area contributed by atoms with Crippen molar-refractivity contribution < 1.29 is 4.79 Å². The molecule has 0 spiro atoms. The van der Waals surface area contributed by atoms with Gasteiger partial charge >= 0.3 is 0 Å². The molecular formula is C24H22N2O. The highest BCUT2D eigenvalue weighted by molar-refractivity contribution is 6.00. The summed E-state index contributed by atoms with van der Waals surface area (Å²) in [5.74, 6) is 0.158. The minimum absolute atomic E-state index is 0.00915. The number of hydrogen-bond acceptors (Lipinski definition) is 2. The van der Waals surface area contributed by atoms with Crippen LogP contribution in [0.5, 0.6) is 0 Å². The third-order valence-corrected chi connectivity index (χ3v) is 5.74. The molecule has 0 aromatic heterocycles. The summed E-state index contributed by atoms with van der Waals surface area (Å²) in [6.45, 7) is 2.95. The van der Waals surface area contributed by atoms with Gasteiger partial charge in [0.25, 0.3) is 5.91 Å². The average molecular weight is 354 g/mol. The van der Waals surface area contributed by atoms with E-state index in [9.17, 15) is 4.79 Å². The Morgan fingerprint density at radius 1 is 0.889 bits per heavy atom. The summed E-state index contributed by atoms with van der Waals surface area (Å²) in [6, 6.07) is 27.3. The molecule has 2 heterocycles. The molecule has 1 saturated heterocycles. The number of carbonyl (C=O) groups excluding carboxylic acids is 1. The van der Waals surface area contributed by atoms with E-state index in [1.807, 2.05) is 24.3 Å². The molecule has 3 nitrogen and oxygen atoms in total. The molecule has 3 aromatic rings. The number of benzene rings is 3. The van der Waals surface area contributed by atoms with E-state index in [1.165, 1.54) is 16.8 Å². The lowest BCUT2D eigenvalue weighted by molar-refractivity contribution is 0.0715. The number of nitrogens with zero attached hydrogens (tertiary/aromatic N) is 2. The molecule has 2 unspecified atom stereocenters. The van der Waals surface area contributed by atoms with Gasteiger partial charge in [-0.15, -0.1) is 0 Å². The molecule has 0 radical (unpaired) electrons. The molecule has 3 aromatic carbocycles. The van der Waals surface area contributed by atoms with Crippen LogP contribution in [0.1, 0.15) is 33.2 Å². The lowest BCUT2D eigenvalue weighted by Gasteiger charge is -2.27. The Morgan fingerprint density at radius 3 is 2.37 bits per heavy atom. The van der Waals surface area contributed by atoms with Crippen LogP contribution in [-0.2, 0) is 6.42 Å². The van der Waals surface area contributed by atoms with Crippen LogP contribution in [0.15, 0.2) is 78.9 Å². The largest absolute Gasteiger partial charge is 0.345 e. The van der Waals surface area contributed by atoms with Crippen LogP contribution in [0.4, 0.5) is 5.69 Å². The summed E-state index contributed by atoms with van der Waals surface area (Å²) < 4.78 is 0. The van der Waals surface area contributed by atoms with Crippen LogP contribution in [0.2, 0.25) is 0 Å². The van der Waals surface area contributed by atoms with E-state index in [4.69, 9.17) is 0 Å². The Labute approximate surface area is 159 Å². The number of carbonyl (C=O) groups is 1. The Morgan fingerprint density at radius 2 is 1.59 bits per heavy atom. The fourth-order valence-corrected chi connectivity index (χ4v) is 4.45. The first-order chi connectivity index (χ1) is 13.2. The summed E-state index contributed by atoms with van der Waals surface area (Å²) in [7, 11) is 0. The quantitative estimate of drug-likeness (QED) is 0.687. The van der Waals surface area contributed by atoms with Gasteiger partial charge in [-0.25, -0.2) is 0 Å². The zero-order chi connectivity index (χ0) is 18.4. The van der Waals surface area contributed by atoms with Crippen molar-refractivity contribution in [3.63, 3.8) is 0 Å². The number of rotatable bonds is 3. The molecule has 134 valence electrons. The van der Waals surface area contributed by atoms with Gasteiger partial charge in [0.05, 0.1) is 6.04 Å². The van der Waals surface area contributed by atoms with Crippen molar-refractivity contribution in [3.05, 3.63) is 101 Å². The van der Waals surface area contributed by atoms with E-state index in [2.05, 4.69) is 71.3 Å². The van der Waals surface area contributed by atoms with Crippen LogP contribution in [0.3, 0.4) is 0 Å². The van der Waals surface area contributed by atoms with Crippen molar-refractivity contribution in [3.8, 4) is 0 Å². The first kappa shape index (κ1) is 16.1. The predicted octanol–water partition coefficient (Wildman–Crippen LogP) is 4.58. The van der Waals surface area contributed by atoms with Crippen molar-refractivity contribution in [1.29, 1.82) is 0 Å². The molecule has 2 atom stereocenters. The smallest absolute Gasteiger partial charge is 0.256 e. The fourth-order valence-electron chi connectivity index (χ4n) is 4.45. The van der Waals surface area contributed by atoms with E-state index in [1.54, 1.807) is 0 Å². The summed E-state index contributed by atoms with van der Waals surface area (Å²) in [5.41, 5.74) is 5.67. The number of fused-ring (bicyclic) bond motifs is 3. The van der Waals surface area contributed by atoms with Crippen LogP contribution in [-0.4, -0.2) is 23.4 Å². The maximum absolute atomic E-state index is 13.2. The van der Waals surface area contributed by atoms with E-state index >= 15 is 0 Å². The molecule has 27 heavy (non-hydrogen) atoms. The Kier molecular flexibility index (Phi) is 3.75. The molecule has 0 saturated carbocycles. The zero-order valence-corrected chi connectivity index (χ0v) is 15.4. The van der Waals surface area contributed by atoms with Gasteiger partial charge in [-0.3, -0.25) is 4.79 Å². The maximum Gasteiger partial charge on any atom is 0.256 e. The summed E-state index contributed by atoms with van der Waals surface area (Å²) in [6.07, 6.45) is 0.865. The normalized spacial score (nSPS) is 20.7. The highest BCUT2D eigenvalue weighted by atomic mass is 16.2. The molecule has 2 aliphatic heterocycles. The number of aryl methyl sites for hydroxylation is 1. The Balaban J connectivity index is 1.56. The third kappa shape index (κ3) is 2.62. The SMILES string of the molecule is Cc1ccc(N2CC(Cc3ccccc3)N3C(=O)c4ccccc4C23)cc1. The number of hydrogen-bond donors (Lipinski definition) is 0. The van der Waals surface area contributed by atoms with Crippen LogP contribution >= 0.6 is 0 Å². The fraction of sp³-hybridized carbons (Fsp3) is 0.208. The van der Waals surface area contributed by atoms with E-state index in [0.717, 1.165) is 24.1 Å². The van der Waals surface area contributed by atoms with Crippen molar-refractivity contribution in [2.24, 2.45) is 0 Å². The highest BCUT2D eigenvalue weighted by Crippen LogP contribution is 2.45. The van der Waals surface area contributed by atoms with Gasteiger partial charge in [-0.1, -0.05) is 66.2 Å². The molecule has 2 aliphatic rings. The minimum Gasteiger partial charge on any atom is -0.345 e. The van der Waals surface area contributed by atoms with Gasteiger partial charge in [0, 0.05) is 23.4 Å². The molecule has 3 heteroatoms. The summed E-state index contributed by atoms with van der Waals surface area (Å²) in [5, 5.41) is 0. The molecule has 0 bridgehead atoms. The van der Waals surface area contributed by atoms with Gasteiger partial charge in [-0.2, -0.15) is 0 Å². The minimum atomic E-state index is -0.00915. The van der Waals surface area contributed by atoms with Gasteiger partial charge < -0.3 is 9.80 Å². The summed E-state index contributed by atoms with van der Waals surface area (Å²) >= 11 is 0. The standard InChI is InChI=1S/C24H22N2O/c1-17-11-13-19(14-12-17)25-16-20(15-18-7-3-2-4-8-18)26-23(25)21-9-5-6-10-22(21)24(26)27/h2-14,20,23H,15-16H2,1H3. The number of amides is 1. The van der Waals surface area contributed by atoms with Crippen LogP contribution in [0.25, 0.3) is 0 Å². The van der Waals surface area contributed by atoms with Crippen LogP contribution < -0.4 is 4.90 Å². The molecule has 1 fully saturated rings. The third-order valence-electron chi connectivity index (χ3n) is 5.74. The predicted molar refractivity (Wildman–Crippen MR) is 108 cm³/mol. The van der Waals surface area contributed by atoms with Gasteiger partial charge in [0.15, 0.2) is 0 Å². The van der Waals surface area contributed by atoms with Gasteiger partial charge in [0.1, 0.15) is 6.17 Å². The lowest BCUT2D eigenvalue weighted by atomic mass is 10.0. The molecule has 1 amide bonds. The van der Waals surface area contributed by atoms with Gasteiger partial charge in [0.2, 0.25) is 0 Å². The number of anilines is 1. The second-order valence-electron chi connectivity index (χ2n) is 7.50. The second-order valence-corrected chi connectivity index (χ2v) is 7.50. The van der Waals surface area contributed by atoms with E-state index in [-0.39, 0.29) is 18.1 Å². The van der Waals surface area contributed by atoms with Crippen molar-refractivity contribution in [1.82, 2.24) is 4.90 Å². The highest BCUT2D eigenvalue weighted by Gasteiger charge is 2.49. The molecular weight excluding hydrogens is 332 g/mol.